The molecule has 12 nitrogen and oxygen atoms in total. The van der Waals surface area contributed by atoms with Gasteiger partial charge in [0.2, 0.25) is 5.91 Å². The third-order valence-electron chi connectivity index (χ3n) is 5.38. The van der Waals surface area contributed by atoms with Crippen LogP contribution in [0.3, 0.4) is 0 Å². The lowest BCUT2D eigenvalue weighted by Gasteiger charge is -2.23. The average Bonchev–Trinajstić information content (AvgIpc) is 3.77. The SMILES string of the molecule is C=O.CC.CN(CC(=O)NCc1ccc(C(=N)N)cc1)/C(=C\NC(C=O)=NC1CC1)c1cc(N)cc(C(=O)O)c1. The van der Waals surface area contributed by atoms with Gasteiger partial charge in [-0.3, -0.25) is 20.0 Å². The fraction of sp³-hybridized carbons (Fsp3) is 0.286. The standard InChI is InChI=1S/C25H29N7O4.C2H6.CH2O/c1-32(13-23(34)30-11-15-2-4-16(5-3-15)24(27)28)21(12-29-22(14-33)31-20-6-7-20)17-8-18(25(35)36)10-19(26)9-17;2*1-2/h2-5,8-10,12,14,20H,6-7,11,13,26H2,1H3,(H3,27,28)(H,29,31)(H,30,34)(H,35,36);1-2H3;1H2/b21-12-;;. The summed E-state index contributed by atoms with van der Waals surface area (Å²) < 4.78 is 0. The summed E-state index contributed by atoms with van der Waals surface area (Å²) in [7, 11) is 1.66. The van der Waals surface area contributed by atoms with Gasteiger partial charge >= 0.3 is 5.97 Å². The van der Waals surface area contributed by atoms with Crippen LogP contribution in [0, 0.1) is 5.41 Å². The highest BCUT2D eigenvalue weighted by atomic mass is 16.4. The molecule has 40 heavy (non-hydrogen) atoms. The summed E-state index contributed by atoms with van der Waals surface area (Å²) >= 11 is 0. The van der Waals surface area contributed by atoms with Gasteiger partial charge in [0.1, 0.15) is 12.6 Å². The Hall–Kier alpha value is -5.00. The molecule has 8 N–H and O–H groups in total. The van der Waals surface area contributed by atoms with E-state index in [-0.39, 0.29) is 48.0 Å². The summed E-state index contributed by atoms with van der Waals surface area (Å²) in [4.78, 5) is 49.5. The van der Waals surface area contributed by atoms with Crippen molar-refractivity contribution in [1.82, 2.24) is 15.5 Å². The zero-order valence-corrected chi connectivity index (χ0v) is 22.9. The lowest BCUT2D eigenvalue weighted by atomic mass is 10.1. The minimum Gasteiger partial charge on any atom is -0.478 e. The van der Waals surface area contributed by atoms with Crippen molar-refractivity contribution < 1.29 is 24.3 Å². The van der Waals surface area contributed by atoms with Crippen molar-refractivity contribution >= 4 is 48.0 Å². The van der Waals surface area contributed by atoms with E-state index < -0.39 is 5.97 Å². The molecule has 1 aliphatic rings. The van der Waals surface area contributed by atoms with Gasteiger partial charge in [0.15, 0.2) is 12.1 Å². The molecular formula is C28H37N7O5. The van der Waals surface area contributed by atoms with Crippen molar-refractivity contribution in [3.8, 4) is 0 Å². The number of hydrogen-bond donors (Lipinski definition) is 6. The van der Waals surface area contributed by atoms with Crippen LogP contribution in [-0.4, -0.2) is 66.3 Å². The first kappa shape index (κ1) is 33.0. The molecule has 214 valence electrons. The van der Waals surface area contributed by atoms with Gasteiger partial charge in [-0.05, 0) is 36.6 Å². The molecule has 2 aromatic rings. The second-order valence-corrected chi connectivity index (χ2v) is 8.43. The summed E-state index contributed by atoms with van der Waals surface area (Å²) in [6.45, 7) is 6.21. The number of likely N-dealkylation sites (N-methyl/N-ethyl adjacent to an activating group) is 1. The third-order valence-corrected chi connectivity index (χ3v) is 5.38. The van der Waals surface area contributed by atoms with Gasteiger partial charge in [-0.2, -0.15) is 0 Å². The van der Waals surface area contributed by atoms with E-state index in [9.17, 15) is 19.5 Å². The Labute approximate surface area is 233 Å². The third kappa shape index (κ3) is 10.8. The van der Waals surface area contributed by atoms with Gasteiger partial charge in [0.05, 0.1) is 23.8 Å². The van der Waals surface area contributed by atoms with Crippen molar-refractivity contribution in [1.29, 1.82) is 5.41 Å². The van der Waals surface area contributed by atoms with Gasteiger partial charge < -0.3 is 36.9 Å². The highest BCUT2D eigenvalue weighted by Crippen LogP contribution is 2.24. The van der Waals surface area contributed by atoms with Crippen molar-refractivity contribution in [3.63, 3.8) is 0 Å². The molecule has 0 saturated heterocycles. The van der Waals surface area contributed by atoms with E-state index in [0.717, 1.165) is 18.4 Å². The number of carbonyl (C=O) groups excluding carboxylic acids is 3. The van der Waals surface area contributed by atoms with Gasteiger partial charge in [0.25, 0.3) is 0 Å². The van der Waals surface area contributed by atoms with Crippen LogP contribution in [0.4, 0.5) is 5.69 Å². The molecule has 0 aliphatic heterocycles. The number of carboxylic acid groups (broad SMARTS) is 1. The molecule has 12 heteroatoms. The average molecular weight is 552 g/mol. The molecule has 0 bridgehead atoms. The van der Waals surface area contributed by atoms with Crippen LogP contribution in [0.5, 0.6) is 0 Å². The first-order valence-electron chi connectivity index (χ1n) is 12.5. The zero-order chi connectivity index (χ0) is 30.2. The Kier molecular flexibility index (Phi) is 13.8. The summed E-state index contributed by atoms with van der Waals surface area (Å²) in [5.74, 6) is -1.32. The largest absolute Gasteiger partial charge is 0.478 e. The van der Waals surface area contributed by atoms with E-state index in [4.69, 9.17) is 21.7 Å². The van der Waals surface area contributed by atoms with Crippen LogP contribution in [0.15, 0.2) is 53.7 Å². The number of carbonyl (C=O) groups is 4. The minimum atomic E-state index is -1.14. The molecule has 1 aliphatic carbocycles. The van der Waals surface area contributed by atoms with Crippen LogP contribution >= 0.6 is 0 Å². The molecule has 1 amide bonds. The number of nitrogens with one attached hydrogen (secondary N) is 3. The van der Waals surface area contributed by atoms with Crippen molar-refractivity contribution in [2.45, 2.75) is 39.3 Å². The number of benzene rings is 2. The molecular weight excluding hydrogens is 514 g/mol. The van der Waals surface area contributed by atoms with Crippen LogP contribution < -0.4 is 22.1 Å². The van der Waals surface area contributed by atoms with Gasteiger partial charge in [-0.15, -0.1) is 0 Å². The number of amides is 1. The molecule has 0 aromatic heterocycles. The number of nitrogens with two attached hydrogens (primary N) is 2. The first-order valence-corrected chi connectivity index (χ1v) is 12.5. The lowest BCUT2D eigenvalue weighted by molar-refractivity contribution is -0.121. The van der Waals surface area contributed by atoms with Gasteiger partial charge in [-0.1, -0.05) is 38.1 Å². The number of carboxylic acids is 1. The van der Waals surface area contributed by atoms with E-state index in [1.165, 1.54) is 18.3 Å². The topological polar surface area (TPSA) is 204 Å². The van der Waals surface area contributed by atoms with E-state index in [0.29, 0.717) is 23.1 Å². The second kappa shape index (κ2) is 16.8. The number of aromatic carboxylic acids is 1. The van der Waals surface area contributed by atoms with Crippen LogP contribution in [0.1, 0.15) is 53.7 Å². The quantitative estimate of drug-likeness (QED) is 0.104. The monoisotopic (exact) mass is 551 g/mol. The van der Waals surface area contributed by atoms with E-state index in [2.05, 4.69) is 15.6 Å². The number of aliphatic imine (C=N–C) groups is 1. The summed E-state index contributed by atoms with van der Waals surface area (Å²) in [6, 6.07) is 11.4. The van der Waals surface area contributed by atoms with Crippen molar-refractivity contribution in [2.24, 2.45) is 10.7 Å². The van der Waals surface area contributed by atoms with Crippen molar-refractivity contribution in [2.75, 3.05) is 19.3 Å². The van der Waals surface area contributed by atoms with E-state index >= 15 is 0 Å². The molecule has 0 atom stereocenters. The molecule has 0 radical (unpaired) electrons. The molecule has 0 spiro atoms. The Morgan fingerprint density at radius 1 is 1.12 bits per heavy atom. The molecule has 3 rings (SSSR count). The van der Waals surface area contributed by atoms with Gasteiger partial charge in [-0.25, -0.2) is 4.79 Å². The smallest absolute Gasteiger partial charge is 0.335 e. The highest BCUT2D eigenvalue weighted by molar-refractivity contribution is 6.27. The van der Waals surface area contributed by atoms with Crippen LogP contribution in [0.25, 0.3) is 5.70 Å². The number of amidine groups is 2. The molecule has 1 fully saturated rings. The van der Waals surface area contributed by atoms with E-state index in [1.54, 1.807) is 42.3 Å². The number of nitrogen functional groups attached to an aromatic ring is 2. The molecule has 1 saturated carbocycles. The summed E-state index contributed by atoms with van der Waals surface area (Å²) in [6.07, 6.45) is 3.96. The predicted molar refractivity (Wildman–Crippen MR) is 156 cm³/mol. The van der Waals surface area contributed by atoms with Gasteiger partial charge in [0, 0.05) is 36.6 Å². The maximum Gasteiger partial charge on any atom is 0.335 e. The molecule has 2 aromatic carbocycles. The molecule has 0 unspecified atom stereocenters. The number of anilines is 1. The normalized spacial score (nSPS) is 12.5. The van der Waals surface area contributed by atoms with Crippen LogP contribution in [-0.2, 0) is 20.9 Å². The second-order valence-electron chi connectivity index (χ2n) is 8.43. The number of nitrogens with zero attached hydrogens (tertiary/aromatic N) is 2. The Bertz CT molecular complexity index is 1240. The fourth-order valence-corrected chi connectivity index (χ4v) is 3.34. The Morgan fingerprint density at radius 2 is 1.73 bits per heavy atom. The maximum atomic E-state index is 12.7. The minimum absolute atomic E-state index is 0.00924. The van der Waals surface area contributed by atoms with Crippen molar-refractivity contribution in [3.05, 3.63) is 70.9 Å². The zero-order valence-electron chi connectivity index (χ0n) is 22.9. The summed E-state index contributed by atoms with van der Waals surface area (Å²) in [5.41, 5.74) is 13.9. The lowest BCUT2D eigenvalue weighted by Crippen LogP contribution is -2.35. The van der Waals surface area contributed by atoms with E-state index in [1.807, 2.05) is 20.6 Å². The number of hydrogen-bond acceptors (Lipinski definition) is 8. The number of aldehydes is 1. The predicted octanol–water partition coefficient (Wildman–Crippen LogP) is 1.99. The highest BCUT2D eigenvalue weighted by Gasteiger charge is 2.21. The van der Waals surface area contributed by atoms with Crippen LogP contribution in [0.2, 0.25) is 0 Å². The fourth-order valence-electron chi connectivity index (χ4n) is 3.34. The first-order chi connectivity index (χ1) is 19.2. The summed E-state index contributed by atoms with van der Waals surface area (Å²) in [5, 5.41) is 22.6. The Morgan fingerprint density at radius 3 is 2.25 bits per heavy atom. The Balaban J connectivity index is 0.00000191. The number of rotatable bonds is 11. The molecule has 0 heterocycles. The maximum absolute atomic E-state index is 12.7.